The maximum atomic E-state index is 11.6. The monoisotopic (exact) mass is 222 g/mol. The van der Waals surface area contributed by atoms with E-state index in [1.807, 2.05) is 13.0 Å². The Morgan fingerprint density at radius 1 is 1.69 bits per heavy atom. The van der Waals surface area contributed by atoms with Gasteiger partial charge in [0.05, 0.1) is 12.5 Å². The van der Waals surface area contributed by atoms with Crippen molar-refractivity contribution < 1.29 is 9.59 Å². The molecule has 6 nitrogen and oxygen atoms in total. The minimum atomic E-state index is -0.304. The van der Waals surface area contributed by atoms with Crippen LogP contribution in [0.4, 0.5) is 0 Å². The van der Waals surface area contributed by atoms with E-state index in [1.54, 1.807) is 0 Å². The molecule has 1 heterocycles. The lowest BCUT2D eigenvalue weighted by atomic mass is 10.1. The van der Waals surface area contributed by atoms with Crippen molar-refractivity contribution in [1.82, 2.24) is 10.7 Å². The molecule has 2 N–H and O–H groups in total. The van der Waals surface area contributed by atoms with Crippen molar-refractivity contribution in [1.29, 1.82) is 5.26 Å². The zero-order chi connectivity index (χ0) is 12.0. The molecule has 0 aliphatic carbocycles. The van der Waals surface area contributed by atoms with Crippen molar-refractivity contribution in [2.75, 3.05) is 0 Å². The maximum Gasteiger partial charge on any atom is 0.267 e. The van der Waals surface area contributed by atoms with E-state index in [0.29, 0.717) is 18.6 Å². The molecular weight excluding hydrogens is 208 g/mol. The summed E-state index contributed by atoms with van der Waals surface area (Å²) < 4.78 is 0. The summed E-state index contributed by atoms with van der Waals surface area (Å²) in [4.78, 5) is 22.5. The predicted molar refractivity (Wildman–Crippen MR) is 57.3 cm³/mol. The first-order valence-electron chi connectivity index (χ1n) is 5.20. The Labute approximate surface area is 93.7 Å². The number of nitrogens with zero attached hydrogens (tertiary/aromatic N) is 2. The highest BCUT2D eigenvalue weighted by Gasteiger charge is 2.20. The van der Waals surface area contributed by atoms with Crippen LogP contribution in [0.15, 0.2) is 5.10 Å². The third kappa shape index (κ3) is 3.35. The molecular formula is C10H14N4O2. The minimum Gasteiger partial charge on any atom is -0.347 e. The van der Waals surface area contributed by atoms with Gasteiger partial charge in [-0.2, -0.15) is 10.4 Å². The quantitative estimate of drug-likeness (QED) is 0.704. The van der Waals surface area contributed by atoms with Gasteiger partial charge in [-0.25, -0.2) is 5.43 Å². The normalized spacial score (nSPS) is 16.8. The van der Waals surface area contributed by atoms with E-state index in [9.17, 15) is 9.59 Å². The summed E-state index contributed by atoms with van der Waals surface area (Å²) in [6.07, 6.45) is 1.60. The topological polar surface area (TPSA) is 94.3 Å². The molecule has 1 rings (SSSR count). The second kappa shape index (κ2) is 5.85. The number of hydrazone groups is 1. The molecule has 0 aromatic rings. The van der Waals surface area contributed by atoms with Gasteiger partial charge in [0.15, 0.2) is 0 Å². The molecule has 1 aliphatic rings. The Balaban J connectivity index is 2.52. The second-order valence-corrected chi connectivity index (χ2v) is 3.53. The van der Waals surface area contributed by atoms with Gasteiger partial charge in [0.1, 0.15) is 5.71 Å². The van der Waals surface area contributed by atoms with E-state index in [4.69, 9.17) is 5.26 Å². The van der Waals surface area contributed by atoms with E-state index in [1.165, 1.54) is 0 Å². The lowest BCUT2D eigenvalue weighted by Crippen LogP contribution is -2.41. The minimum absolute atomic E-state index is 0.155. The number of amides is 2. The van der Waals surface area contributed by atoms with Gasteiger partial charge in [0.25, 0.3) is 5.91 Å². The van der Waals surface area contributed by atoms with Gasteiger partial charge in [-0.15, -0.1) is 0 Å². The molecule has 1 atom stereocenters. The van der Waals surface area contributed by atoms with E-state index in [0.717, 1.165) is 0 Å². The van der Waals surface area contributed by atoms with E-state index in [-0.39, 0.29) is 30.7 Å². The zero-order valence-corrected chi connectivity index (χ0v) is 9.12. The highest BCUT2D eigenvalue weighted by atomic mass is 16.2. The highest BCUT2D eigenvalue weighted by Crippen LogP contribution is 2.02. The fourth-order valence-corrected chi connectivity index (χ4v) is 1.31. The van der Waals surface area contributed by atoms with Gasteiger partial charge in [-0.1, -0.05) is 6.92 Å². The molecule has 0 bridgehead atoms. The lowest BCUT2D eigenvalue weighted by Gasteiger charge is -2.16. The number of hydrogen-bond acceptors (Lipinski definition) is 4. The molecule has 16 heavy (non-hydrogen) atoms. The molecule has 0 saturated heterocycles. The summed E-state index contributed by atoms with van der Waals surface area (Å²) in [5.41, 5.74) is 2.58. The van der Waals surface area contributed by atoms with Crippen LogP contribution in [0.2, 0.25) is 0 Å². The Kier molecular flexibility index (Phi) is 4.45. The molecule has 0 radical (unpaired) electrons. The first-order chi connectivity index (χ1) is 7.67. The number of rotatable bonds is 4. The Morgan fingerprint density at radius 3 is 2.94 bits per heavy atom. The lowest BCUT2D eigenvalue weighted by molar-refractivity contribution is -0.121. The average molecular weight is 222 g/mol. The van der Waals surface area contributed by atoms with E-state index >= 15 is 0 Å². The number of nitriles is 1. The number of hydrogen-bond donors (Lipinski definition) is 2. The van der Waals surface area contributed by atoms with E-state index < -0.39 is 0 Å². The van der Waals surface area contributed by atoms with Gasteiger partial charge in [-0.3, -0.25) is 9.59 Å². The van der Waals surface area contributed by atoms with E-state index in [2.05, 4.69) is 15.8 Å². The van der Waals surface area contributed by atoms with Crippen LogP contribution >= 0.6 is 0 Å². The van der Waals surface area contributed by atoms with Crippen LogP contribution in [-0.4, -0.2) is 23.6 Å². The van der Waals surface area contributed by atoms with Crippen molar-refractivity contribution in [2.45, 2.75) is 38.6 Å². The third-order valence-electron chi connectivity index (χ3n) is 2.33. The fraction of sp³-hybridized carbons (Fsp3) is 0.600. The summed E-state index contributed by atoms with van der Waals surface area (Å²) in [5.74, 6) is -0.484. The number of nitrogens with one attached hydrogen (secondary N) is 2. The maximum absolute atomic E-state index is 11.6. The molecule has 0 aromatic heterocycles. The molecule has 0 fully saturated rings. The molecule has 6 heteroatoms. The van der Waals surface area contributed by atoms with Crippen LogP contribution in [0.5, 0.6) is 0 Å². The smallest absolute Gasteiger partial charge is 0.267 e. The van der Waals surface area contributed by atoms with Crippen LogP contribution in [0, 0.1) is 11.3 Å². The van der Waals surface area contributed by atoms with Gasteiger partial charge in [0, 0.05) is 18.9 Å². The van der Waals surface area contributed by atoms with Gasteiger partial charge in [-0.05, 0) is 6.42 Å². The standard InChI is InChI=1S/C10H14N4O2/c1-2-7(5-6-11)12-10(16)8-3-4-9(15)14-13-8/h7H,2-5H2,1H3,(H,12,16)(H,14,15). The molecule has 0 spiro atoms. The van der Waals surface area contributed by atoms with Crippen molar-refractivity contribution in [3.63, 3.8) is 0 Å². The Morgan fingerprint density at radius 2 is 2.44 bits per heavy atom. The van der Waals surface area contributed by atoms with Crippen LogP contribution in [0.25, 0.3) is 0 Å². The van der Waals surface area contributed by atoms with Crippen molar-refractivity contribution in [3.05, 3.63) is 0 Å². The van der Waals surface area contributed by atoms with Crippen LogP contribution in [-0.2, 0) is 9.59 Å². The molecule has 1 aliphatic heterocycles. The summed E-state index contributed by atoms with van der Waals surface area (Å²) >= 11 is 0. The number of carbonyl (C=O) groups is 2. The van der Waals surface area contributed by atoms with Crippen molar-refractivity contribution in [3.8, 4) is 6.07 Å². The first-order valence-corrected chi connectivity index (χ1v) is 5.20. The van der Waals surface area contributed by atoms with Crippen LogP contribution in [0.1, 0.15) is 32.6 Å². The van der Waals surface area contributed by atoms with Gasteiger partial charge in [0.2, 0.25) is 5.91 Å². The molecule has 0 aromatic carbocycles. The third-order valence-corrected chi connectivity index (χ3v) is 2.33. The average Bonchev–Trinajstić information content (AvgIpc) is 2.29. The Hall–Kier alpha value is -1.90. The molecule has 0 saturated carbocycles. The molecule has 86 valence electrons. The summed E-state index contributed by atoms with van der Waals surface area (Å²) in [5, 5.41) is 14.9. The fourth-order valence-electron chi connectivity index (χ4n) is 1.31. The summed E-state index contributed by atoms with van der Waals surface area (Å²) in [7, 11) is 0. The number of carbonyl (C=O) groups excluding carboxylic acids is 2. The van der Waals surface area contributed by atoms with Crippen LogP contribution in [0.3, 0.4) is 0 Å². The van der Waals surface area contributed by atoms with Gasteiger partial charge >= 0.3 is 0 Å². The Bertz CT molecular complexity index is 356. The van der Waals surface area contributed by atoms with Crippen molar-refractivity contribution >= 4 is 17.5 Å². The SMILES string of the molecule is CCC(CC#N)NC(=O)C1=NNC(=O)CC1. The second-order valence-electron chi connectivity index (χ2n) is 3.53. The molecule has 2 amide bonds. The highest BCUT2D eigenvalue weighted by molar-refractivity contribution is 6.39. The van der Waals surface area contributed by atoms with Crippen molar-refractivity contribution in [2.24, 2.45) is 5.10 Å². The van der Waals surface area contributed by atoms with Gasteiger partial charge < -0.3 is 5.32 Å². The molecule has 1 unspecified atom stereocenters. The summed E-state index contributed by atoms with van der Waals surface area (Å²) in [6, 6.07) is 1.85. The first kappa shape index (κ1) is 12.2. The zero-order valence-electron chi connectivity index (χ0n) is 9.12. The van der Waals surface area contributed by atoms with Crippen LogP contribution < -0.4 is 10.7 Å². The largest absolute Gasteiger partial charge is 0.347 e. The summed E-state index contributed by atoms with van der Waals surface area (Å²) in [6.45, 7) is 1.90. The predicted octanol–water partition coefficient (Wildman–Crippen LogP) is 0.0609.